The summed E-state index contributed by atoms with van der Waals surface area (Å²) in [6.07, 6.45) is 8.24. The summed E-state index contributed by atoms with van der Waals surface area (Å²) in [6.45, 7) is 4.00. The van der Waals surface area contributed by atoms with Gasteiger partial charge in [-0.2, -0.15) is 0 Å². The van der Waals surface area contributed by atoms with Crippen LogP contribution in [0.15, 0.2) is 12.1 Å². The molecule has 1 amide bonds. The highest BCUT2D eigenvalue weighted by atomic mass is 16.1. The lowest BCUT2D eigenvalue weighted by molar-refractivity contribution is -0.120. The molecule has 1 aromatic carbocycles. The van der Waals surface area contributed by atoms with Crippen molar-refractivity contribution in [1.82, 2.24) is 0 Å². The molecule has 1 fully saturated rings. The van der Waals surface area contributed by atoms with E-state index in [2.05, 4.69) is 5.32 Å². The summed E-state index contributed by atoms with van der Waals surface area (Å²) in [7, 11) is 0. The maximum atomic E-state index is 12.4. The van der Waals surface area contributed by atoms with Crippen molar-refractivity contribution in [3.8, 4) is 0 Å². The van der Waals surface area contributed by atoms with Crippen molar-refractivity contribution in [2.45, 2.75) is 58.8 Å². The topological polar surface area (TPSA) is 55.1 Å². The zero-order valence-electron chi connectivity index (χ0n) is 12.7. The summed E-state index contributed by atoms with van der Waals surface area (Å²) >= 11 is 0. The van der Waals surface area contributed by atoms with Crippen LogP contribution in [0, 0.1) is 19.8 Å². The highest BCUT2D eigenvalue weighted by molar-refractivity contribution is 5.93. The van der Waals surface area contributed by atoms with E-state index in [0.29, 0.717) is 0 Å². The van der Waals surface area contributed by atoms with Gasteiger partial charge < -0.3 is 11.1 Å². The molecule has 20 heavy (non-hydrogen) atoms. The summed E-state index contributed by atoms with van der Waals surface area (Å²) in [5, 5.41) is 3.08. The van der Waals surface area contributed by atoms with Crippen molar-refractivity contribution in [2.75, 3.05) is 11.1 Å². The molecule has 2 rings (SSSR count). The van der Waals surface area contributed by atoms with E-state index in [4.69, 9.17) is 5.73 Å². The lowest BCUT2D eigenvalue weighted by Gasteiger charge is -2.20. The third-order valence-electron chi connectivity index (χ3n) is 4.35. The number of nitrogen functional groups attached to an aromatic ring is 1. The van der Waals surface area contributed by atoms with Crippen LogP contribution >= 0.6 is 0 Å². The van der Waals surface area contributed by atoms with E-state index in [1.807, 2.05) is 26.0 Å². The first kappa shape index (κ1) is 14.9. The van der Waals surface area contributed by atoms with Gasteiger partial charge in [-0.05, 0) is 43.9 Å². The molecule has 0 radical (unpaired) electrons. The molecule has 3 heteroatoms. The Bertz CT molecular complexity index is 474. The van der Waals surface area contributed by atoms with Gasteiger partial charge in [-0.15, -0.1) is 0 Å². The Balaban J connectivity index is 2.04. The Kier molecular flexibility index (Phi) is 5.05. The van der Waals surface area contributed by atoms with E-state index < -0.39 is 0 Å². The number of benzene rings is 1. The maximum absolute atomic E-state index is 12.4. The average Bonchev–Trinajstić information content (AvgIpc) is 2.35. The van der Waals surface area contributed by atoms with E-state index in [-0.39, 0.29) is 11.8 Å². The maximum Gasteiger partial charge on any atom is 0.227 e. The fourth-order valence-corrected chi connectivity index (χ4v) is 2.96. The van der Waals surface area contributed by atoms with E-state index in [1.165, 1.54) is 32.1 Å². The summed E-state index contributed by atoms with van der Waals surface area (Å²) in [6, 6.07) is 3.91. The van der Waals surface area contributed by atoms with Gasteiger partial charge in [0.2, 0.25) is 5.91 Å². The Hall–Kier alpha value is -1.51. The highest BCUT2D eigenvalue weighted by Crippen LogP contribution is 2.26. The SMILES string of the molecule is Cc1cc(C)c(NC(=O)C2CCCCCCC2)cc1N. The average molecular weight is 274 g/mol. The van der Waals surface area contributed by atoms with Gasteiger partial charge in [0, 0.05) is 17.3 Å². The Morgan fingerprint density at radius 3 is 2.30 bits per heavy atom. The van der Waals surface area contributed by atoms with Gasteiger partial charge in [-0.1, -0.05) is 38.2 Å². The molecule has 0 atom stereocenters. The second-order valence-electron chi connectivity index (χ2n) is 6.06. The highest BCUT2D eigenvalue weighted by Gasteiger charge is 2.20. The van der Waals surface area contributed by atoms with Crippen LogP contribution in [-0.2, 0) is 4.79 Å². The molecule has 0 saturated heterocycles. The van der Waals surface area contributed by atoms with Crippen LogP contribution in [0.1, 0.15) is 56.1 Å². The van der Waals surface area contributed by atoms with Crippen molar-refractivity contribution in [3.05, 3.63) is 23.3 Å². The van der Waals surface area contributed by atoms with Gasteiger partial charge in [-0.25, -0.2) is 0 Å². The standard InChI is InChI=1S/C17H26N2O/c1-12-10-13(2)16(11-15(12)18)19-17(20)14-8-6-4-3-5-7-9-14/h10-11,14H,3-9,18H2,1-2H3,(H,19,20). The van der Waals surface area contributed by atoms with Crippen LogP contribution in [0.4, 0.5) is 11.4 Å². The van der Waals surface area contributed by atoms with Gasteiger partial charge >= 0.3 is 0 Å². The van der Waals surface area contributed by atoms with Crippen LogP contribution in [0.2, 0.25) is 0 Å². The largest absolute Gasteiger partial charge is 0.398 e. The van der Waals surface area contributed by atoms with Crippen LogP contribution in [0.3, 0.4) is 0 Å². The summed E-state index contributed by atoms with van der Waals surface area (Å²) in [5.41, 5.74) is 9.68. The molecule has 0 spiro atoms. The zero-order valence-corrected chi connectivity index (χ0v) is 12.7. The zero-order chi connectivity index (χ0) is 14.5. The molecule has 3 N–H and O–H groups in total. The molecule has 0 aromatic heterocycles. The number of nitrogens with two attached hydrogens (primary N) is 1. The number of aryl methyl sites for hydroxylation is 2. The minimum atomic E-state index is 0.164. The Labute approximate surface area is 121 Å². The second kappa shape index (κ2) is 6.78. The number of carbonyl (C=O) groups is 1. The van der Waals surface area contributed by atoms with E-state index in [9.17, 15) is 4.79 Å². The van der Waals surface area contributed by atoms with Crippen molar-refractivity contribution >= 4 is 17.3 Å². The van der Waals surface area contributed by atoms with Gasteiger partial charge in [0.25, 0.3) is 0 Å². The number of carbonyl (C=O) groups excluding carboxylic acids is 1. The number of anilines is 2. The molecule has 1 saturated carbocycles. The summed E-state index contributed by atoms with van der Waals surface area (Å²) in [5.74, 6) is 0.329. The van der Waals surface area contributed by atoms with Crippen LogP contribution in [-0.4, -0.2) is 5.91 Å². The molecule has 0 unspecified atom stereocenters. The molecule has 0 bridgehead atoms. The molecule has 0 aliphatic heterocycles. The summed E-state index contributed by atoms with van der Waals surface area (Å²) in [4.78, 5) is 12.4. The number of amides is 1. The quantitative estimate of drug-likeness (QED) is 0.795. The Morgan fingerprint density at radius 1 is 1.05 bits per heavy atom. The van der Waals surface area contributed by atoms with E-state index >= 15 is 0 Å². The van der Waals surface area contributed by atoms with Crippen LogP contribution < -0.4 is 11.1 Å². The van der Waals surface area contributed by atoms with Gasteiger partial charge in [0.05, 0.1) is 0 Å². The molecule has 1 aromatic rings. The smallest absolute Gasteiger partial charge is 0.227 e. The van der Waals surface area contributed by atoms with Gasteiger partial charge in [-0.3, -0.25) is 4.79 Å². The van der Waals surface area contributed by atoms with Crippen LogP contribution in [0.5, 0.6) is 0 Å². The first-order valence-corrected chi connectivity index (χ1v) is 7.75. The fraction of sp³-hybridized carbons (Fsp3) is 0.588. The predicted molar refractivity (Wildman–Crippen MR) is 84.8 cm³/mol. The predicted octanol–water partition coefficient (Wildman–Crippen LogP) is 4.18. The minimum Gasteiger partial charge on any atom is -0.398 e. The van der Waals surface area contributed by atoms with Crippen molar-refractivity contribution in [1.29, 1.82) is 0 Å². The molecular weight excluding hydrogens is 248 g/mol. The normalized spacial score (nSPS) is 17.3. The van der Waals surface area contributed by atoms with Crippen molar-refractivity contribution in [2.24, 2.45) is 5.92 Å². The van der Waals surface area contributed by atoms with Crippen molar-refractivity contribution < 1.29 is 4.79 Å². The first-order valence-electron chi connectivity index (χ1n) is 7.75. The lowest BCUT2D eigenvalue weighted by atomic mass is 9.90. The van der Waals surface area contributed by atoms with Gasteiger partial charge in [0.15, 0.2) is 0 Å². The molecule has 0 heterocycles. The first-order chi connectivity index (χ1) is 9.58. The molecule has 3 nitrogen and oxygen atoms in total. The molecule has 1 aliphatic rings. The van der Waals surface area contributed by atoms with Crippen molar-refractivity contribution in [3.63, 3.8) is 0 Å². The van der Waals surface area contributed by atoms with E-state index in [1.54, 1.807) is 0 Å². The van der Waals surface area contributed by atoms with Gasteiger partial charge in [0.1, 0.15) is 0 Å². The number of hydrogen-bond acceptors (Lipinski definition) is 2. The number of hydrogen-bond donors (Lipinski definition) is 2. The third kappa shape index (κ3) is 3.75. The second-order valence-corrected chi connectivity index (χ2v) is 6.06. The lowest BCUT2D eigenvalue weighted by Crippen LogP contribution is -2.24. The minimum absolute atomic E-state index is 0.164. The fourth-order valence-electron chi connectivity index (χ4n) is 2.96. The number of rotatable bonds is 2. The summed E-state index contributed by atoms with van der Waals surface area (Å²) < 4.78 is 0. The third-order valence-corrected chi connectivity index (χ3v) is 4.35. The van der Waals surface area contributed by atoms with Crippen LogP contribution in [0.25, 0.3) is 0 Å². The monoisotopic (exact) mass is 274 g/mol. The van der Waals surface area contributed by atoms with E-state index in [0.717, 1.165) is 35.3 Å². The molecule has 110 valence electrons. The number of nitrogens with one attached hydrogen (secondary N) is 1. The molecular formula is C17H26N2O. The molecule has 1 aliphatic carbocycles. The Morgan fingerprint density at radius 2 is 1.65 bits per heavy atom.